The van der Waals surface area contributed by atoms with Crippen LogP contribution in [0.2, 0.25) is 0 Å². The summed E-state index contributed by atoms with van der Waals surface area (Å²) in [6.45, 7) is 6.30. The molecule has 41 heavy (non-hydrogen) atoms. The lowest BCUT2D eigenvalue weighted by Crippen LogP contribution is -2.41. The second kappa shape index (κ2) is 11.8. The number of ether oxygens (including phenoxy) is 3. The zero-order valence-corrected chi connectivity index (χ0v) is 23.0. The van der Waals surface area contributed by atoms with E-state index in [9.17, 15) is 13.6 Å². The van der Waals surface area contributed by atoms with E-state index in [0.29, 0.717) is 76.7 Å². The molecule has 0 aliphatic carbocycles. The first-order valence-electron chi connectivity index (χ1n) is 13.1. The number of hydrogen-bond acceptors (Lipinski definition) is 7. The fourth-order valence-corrected chi connectivity index (χ4v) is 4.90. The average molecular weight is 561 g/mol. The molecule has 4 aromatic rings. The van der Waals surface area contributed by atoms with E-state index in [1.165, 1.54) is 25.6 Å². The Kier molecular flexibility index (Phi) is 8.00. The van der Waals surface area contributed by atoms with Crippen LogP contribution in [0.3, 0.4) is 0 Å². The normalized spacial score (nSPS) is 13.6. The molecular formula is C31H30F2N4O4. The Labute approximate surface area is 236 Å². The lowest BCUT2D eigenvalue weighted by molar-refractivity contribution is -0.127. The summed E-state index contributed by atoms with van der Waals surface area (Å²) in [6, 6.07) is 11.1. The third kappa shape index (κ3) is 5.77. The highest BCUT2D eigenvalue weighted by atomic mass is 19.1. The van der Waals surface area contributed by atoms with Crippen LogP contribution in [-0.2, 0) is 4.79 Å². The van der Waals surface area contributed by atoms with Gasteiger partial charge in [0.15, 0.2) is 11.5 Å². The van der Waals surface area contributed by atoms with Crippen molar-refractivity contribution in [3.05, 3.63) is 78.6 Å². The third-order valence-electron chi connectivity index (χ3n) is 7.15. The van der Waals surface area contributed by atoms with Crippen molar-refractivity contribution in [3.8, 4) is 28.4 Å². The first-order valence-corrected chi connectivity index (χ1v) is 13.1. The number of anilines is 2. The minimum Gasteiger partial charge on any atom is -0.495 e. The third-order valence-corrected chi connectivity index (χ3v) is 7.15. The van der Waals surface area contributed by atoms with Crippen LogP contribution in [0.25, 0.3) is 22.0 Å². The van der Waals surface area contributed by atoms with Crippen molar-refractivity contribution in [2.24, 2.45) is 0 Å². The molecule has 0 radical (unpaired) electrons. The standard InChI is InChI=1S/C31H30F2N4O4/c1-5-30(38)37-10-8-20(9-11-37)41-29-14-22-25(16-28(29)40-4)34-17-35-31(22)36-26-13-19(6-7-27(26)39-3)21-12-18(2)23(32)15-24(21)33/h5-7,12-17,20H,1,8-11H2,2-4H3,(H,34,35,36). The molecule has 0 spiro atoms. The molecule has 0 bridgehead atoms. The summed E-state index contributed by atoms with van der Waals surface area (Å²) >= 11 is 0. The van der Waals surface area contributed by atoms with Gasteiger partial charge in [-0.15, -0.1) is 0 Å². The maximum absolute atomic E-state index is 14.7. The van der Waals surface area contributed by atoms with Crippen LogP contribution in [0.15, 0.2) is 61.4 Å². The van der Waals surface area contributed by atoms with Crippen molar-refractivity contribution in [2.75, 3.05) is 32.6 Å². The van der Waals surface area contributed by atoms with Gasteiger partial charge in [-0.3, -0.25) is 4.79 Å². The van der Waals surface area contributed by atoms with Crippen molar-refractivity contribution in [1.82, 2.24) is 14.9 Å². The number of nitrogens with zero attached hydrogens (tertiary/aromatic N) is 3. The summed E-state index contributed by atoms with van der Waals surface area (Å²) in [7, 11) is 3.10. The molecule has 1 fully saturated rings. The van der Waals surface area contributed by atoms with Crippen molar-refractivity contribution in [1.29, 1.82) is 0 Å². The van der Waals surface area contributed by atoms with Gasteiger partial charge in [0.05, 0.1) is 25.4 Å². The van der Waals surface area contributed by atoms with Crippen LogP contribution in [0.1, 0.15) is 18.4 Å². The SMILES string of the molecule is C=CC(=O)N1CCC(Oc2cc3c(Nc4cc(-c5cc(C)c(F)cc5F)ccc4OC)ncnc3cc2OC)CC1. The van der Waals surface area contributed by atoms with E-state index >= 15 is 0 Å². The molecule has 0 saturated carbocycles. The number of aromatic nitrogens is 2. The Morgan fingerprint density at radius 1 is 1.00 bits per heavy atom. The van der Waals surface area contributed by atoms with E-state index in [-0.39, 0.29) is 17.6 Å². The maximum Gasteiger partial charge on any atom is 0.245 e. The van der Waals surface area contributed by atoms with Gasteiger partial charge in [-0.1, -0.05) is 12.6 Å². The molecule has 2 heterocycles. The van der Waals surface area contributed by atoms with E-state index in [2.05, 4.69) is 21.9 Å². The number of benzene rings is 3. The second-order valence-electron chi connectivity index (χ2n) is 9.71. The zero-order valence-electron chi connectivity index (χ0n) is 23.0. The minimum absolute atomic E-state index is 0.0867. The molecule has 5 rings (SSSR count). The van der Waals surface area contributed by atoms with E-state index in [1.54, 1.807) is 43.2 Å². The van der Waals surface area contributed by atoms with Gasteiger partial charge in [0, 0.05) is 49.0 Å². The predicted octanol–water partition coefficient (Wildman–Crippen LogP) is 6.20. The average Bonchev–Trinajstić information content (AvgIpc) is 2.99. The maximum atomic E-state index is 14.7. The molecule has 1 aliphatic heterocycles. The van der Waals surface area contributed by atoms with Gasteiger partial charge in [-0.25, -0.2) is 18.7 Å². The van der Waals surface area contributed by atoms with Crippen molar-refractivity contribution < 1.29 is 27.8 Å². The Morgan fingerprint density at radius 3 is 2.46 bits per heavy atom. The zero-order chi connectivity index (χ0) is 29.1. The van der Waals surface area contributed by atoms with Gasteiger partial charge in [-0.2, -0.15) is 0 Å². The quantitative estimate of drug-likeness (QED) is 0.257. The highest BCUT2D eigenvalue weighted by molar-refractivity contribution is 5.94. The molecule has 8 nitrogen and oxygen atoms in total. The first kappa shape index (κ1) is 27.8. The molecule has 1 amide bonds. The molecule has 1 saturated heterocycles. The first-order chi connectivity index (χ1) is 19.8. The smallest absolute Gasteiger partial charge is 0.245 e. The molecule has 10 heteroatoms. The topological polar surface area (TPSA) is 85.8 Å². The summed E-state index contributed by atoms with van der Waals surface area (Å²) in [4.78, 5) is 22.5. The van der Waals surface area contributed by atoms with Gasteiger partial charge in [0.1, 0.15) is 35.6 Å². The van der Waals surface area contributed by atoms with Crippen LogP contribution in [0.5, 0.6) is 17.2 Å². The van der Waals surface area contributed by atoms with Crippen LogP contribution < -0.4 is 19.5 Å². The number of aryl methyl sites for hydroxylation is 1. The Hall–Kier alpha value is -4.73. The van der Waals surface area contributed by atoms with E-state index in [1.807, 2.05) is 6.07 Å². The van der Waals surface area contributed by atoms with E-state index < -0.39 is 11.6 Å². The number of piperidine rings is 1. The summed E-state index contributed by atoms with van der Waals surface area (Å²) in [5, 5.41) is 3.96. The molecule has 3 aromatic carbocycles. The number of likely N-dealkylation sites (tertiary alicyclic amines) is 1. The highest BCUT2D eigenvalue weighted by Crippen LogP contribution is 2.39. The van der Waals surface area contributed by atoms with Gasteiger partial charge in [0.2, 0.25) is 5.91 Å². The largest absolute Gasteiger partial charge is 0.495 e. The van der Waals surface area contributed by atoms with Gasteiger partial charge >= 0.3 is 0 Å². The number of nitrogens with one attached hydrogen (secondary N) is 1. The Morgan fingerprint density at radius 2 is 1.76 bits per heavy atom. The summed E-state index contributed by atoms with van der Waals surface area (Å²) in [6.07, 6.45) is 3.98. The number of fused-ring (bicyclic) bond motifs is 1. The number of halogens is 2. The minimum atomic E-state index is -0.662. The molecule has 212 valence electrons. The monoisotopic (exact) mass is 560 g/mol. The van der Waals surface area contributed by atoms with Crippen LogP contribution in [0, 0.1) is 18.6 Å². The number of carbonyl (C=O) groups is 1. The molecule has 0 atom stereocenters. The Bertz CT molecular complexity index is 1620. The lowest BCUT2D eigenvalue weighted by Gasteiger charge is -2.31. The molecule has 1 aromatic heterocycles. The van der Waals surface area contributed by atoms with Crippen LogP contribution >= 0.6 is 0 Å². The Balaban J connectivity index is 1.48. The second-order valence-corrected chi connectivity index (χ2v) is 9.71. The number of amides is 1. The van der Waals surface area contributed by atoms with Crippen molar-refractivity contribution in [2.45, 2.75) is 25.9 Å². The molecule has 1 N–H and O–H groups in total. The number of rotatable bonds is 8. The highest BCUT2D eigenvalue weighted by Gasteiger charge is 2.24. The number of methoxy groups -OCH3 is 2. The van der Waals surface area contributed by atoms with Crippen molar-refractivity contribution in [3.63, 3.8) is 0 Å². The van der Waals surface area contributed by atoms with Crippen molar-refractivity contribution >= 4 is 28.3 Å². The van der Waals surface area contributed by atoms with Crippen LogP contribution in [0.4, 0.5) is 20.3 Å². The summed E-state index contributed by atoms with van der Waals surface area (Å²) in [5.41, 5.74) is 2.30. The summed E-state index contributed by atoms with van der Waals surface area (Å²) in [5.74, 6) is 0.673. The number of carbonyl (C=O) groups excluding carboxylic acids is 1. The van der Waals surface area contributed by atoms with E-state index in [0.717, 1.165) is 6.07 Å². The fourth-order valence-electron chi connectivity index (χ4n) is 4.90. The lowest BCUT2D eigenvalue weighted by atomic mass is 10.0. The molecule has 1 aliphatic rings. The van der Waals surface area contributed by atoms with Gasteiger partial charge < -0.3 is 24.4 Å². The molecule has 0 unspecified atom stereocenters. The molecular weight excluding hydrogens is 530 g/mol. The number of hydrogen-bond donors (Lipinski definition) is 1. The van der Waals surface area contributed by atoms with Crippen LogP contribution in [-0.4, -0.2) is 54.2 Å². The fraction of sp³-hybridized carbons (Fsp3) is 0.258. The predicted molar refractivity (Wildman–Crippen MR) is 153 cm³/mol. The van der Waals surface area contributed by atoms with Gasteiger partial charge in [0.25, 0.3) is 0 Å². The summed E-state index contributed by atoms with van der Waals surface area (Å²) < 4.78 is 46.1. The van der Waals surface area contributed by atoms with Gasteiger partial charge in [-0.05, 0) is 48.4 Å². The van der Waals surface area contributed by atoms with E-state index in [4.69, 9.17) is 14.2 Å².